The van der Waals surface area contributed by atoms with Crippen LogP contribution in [-0.2, 0) is 78.5 Å². The Balaban J connectivity index is 1.14. The molecule has 0 spiro atoms. The molecule has 0 aromatic heterocycles. The summed E-state index contributed by atoms with van der Waals surface area (Å²) in [6.45, 7) is 13.1. The van der Waals surface area contributed by atoms with Crippen LogP contribution in [0.15, 0.2) is 134 Å². The van der Waals surface area contributed by atoms with Crippen molar-refractivity contribution < 1.29 is 52.1 Å². The lowest BCUT2D eigenvalue weighted by Gasteiger charge is -2.51. The largest absolute Gasteiger partial charge is 0.374 e. The summed E-state index contributed by atoms with van der Waals surface area (Å²) in [4.78, 5) is 0. The molecule has 0 aliphatic carbocycles. The third kappa shape index (κ3) is 10.0. The molecule has 11 nitrogen and oxygen atoms in total. The molecule has 8 rings (SSSR count). The van der Waals surface area contributed by atoms with E-state index in [2.05, 4.69) is 6.58 Å². The molecule has 0 bridgehead atoms. The van der Waals surface area contributed by atoms with Crippen molar-refractivity contribution >= 4 is 0 Å². The topological polar surface area (TPSA) is 102 Å². The zero-order valence-corrected chi connectivity index (χ0v) is 34.3. The highest BCUT2D eigenvalue weighted by Gasteiger charge is 2.62. The Morgan fingerprint density at radius 2 is 0.983 bits per heavy atom. The average Bonchev–Trinajstić information content (AvgIpc) is 3.76. The molecule has 4 aliphatic rings. The van der Waals surface area contributed by atoms with E-state index in [9.17, 15) is 0 Å². The van der Waals surface area contributed by atoms with Gasteiger partial charge in [-0.2, -0.15) is 0 Å². The summed E-state index contributed by atoms with van der Waals surface area (Å²) >= 11 is 0. The molecular formula is C48H56O11. The molecule has 11 heteroatoms. The van der Waals surface area contributed by atoms with E-state index in [0.717, 1.165) is 22.3 Å². The van der Waals surface area contributed by atoms with E-state index >= 15 is 0 Å². The lowest BCUT2D eigenvalue weighted by Crippen LogP contribution is -2.68. The molecule has 314 valence electrons. The zero-order valence-electron chi connectivity index (χ0n) is 34.3. The highest BCUT2D eigenvalue weighted by Crippen LogP contribution is 2.45. The molecule has 0 saturated carbocycles. The van der Waals surface area contributed by atoms with Crippen molar-refractivity contribution in [2.45, 2.75) is 127 Å². The molecule has 59 heavy (non-hydrogen) atoms. The molecule has 0 unspecified atom stereocenters. The maximum atomic E-state index is 7.13. The summed E-state index contributed by atoms with van der Waals surface area (Å²) in [5.74, 6) is -3.34. The minimum Gasteiger partial charge on any atom is -0.374 e. The summed E-state index contributed by atoms with van der Waals surface area (Å²) in [6, 6.07) is 40.0. The van der Waals surface area contributed by atoms with Crippen molar-refractivity contribution in [2.24, 2.45) is 0 Å². The van der Waals surface area contributed by atoms with E-state index in [1.165, 1.54) is 0 Å². The van der Waals surface area contributed by atoms with Gasteiger partial charge >= 0.3 is 0 Å². The van der Waals surface area contributed by atoms with E-state index in [0.29, 0.717) is 13.2 Å². The number of benzene rings is 4. The Labute approximate surface area is 347 Å². The molecule has 4 aromatic rings. The van der Waals surface area contributed by atoms with Crippen LogP contribution in [0.4, 0.5) is 0 Å². The predicted octanol–water partition coefficient (Wildman–Crippen LogP) is 7.65. The van der Waals surface area contributed by atoms with E-state index in [4.69, 9.17) is 52.1 Å². The van der Waals surface area contributed by atoms with Crippen LogP contribution in [0, 0.1) is 0 Å². The Morgan fingerprint density at radius 1 is 0.508 bits per heavy atom. The van der Waals surface area contributed by atoms with E-state index in [-0.39, 0.29) is 26.4 Å². The Hall–Kier alpha value is -3.82. The van der Waals surface area contributed by atoms with Crippen molar-refractivity contribution in [3.05, 3.63) is 156 Å². The maximum Gasteiger partial charge on any atom is 0.217 e. The SMILES string of the molecule is C=C[C@]1(OC[C@H]2O[C@@H]3OC(C)(C)O[C@@H]3[C@H]3OC(C)(C)O[C@H]32)O[C@H](COCc2ccccc2)[C@@H](OCc2ccccc2)[C@H](OCc2ccccc2)[C@H]1OCc1ccccc1. The standard InChI is InChI=1S/C48H56O11/c1-6-48(53-32-37-40-41(57-46(2,3)56-40)43-45(54-37)59-47(4,5)58-43)44(52-30-36-25-17-10-18-26-36)42(51-29-35-23-15-9-16-24-35)39(50-28-34-21-13-8-14-22-34)38(55-48)31-49-27-33-19-11-7-12-20-33/h6-26,37-45H,1,27-32H2,2-5H3/t37-,38-,39-,40+,41+,42+,43-,44-,45-,48+/m1/s1. The van der Waals surface area contributed by atoms with E-state index < -0.39 is 72.5 Å². The van der Waals surface area contributed by atoms with Gasteiger partial charge in [0, 0.05) is 0 Å². The van der Waals surface area contributed by atoms with Gasteiger partial charge in [-0.3, -0.25) is 0 Å². The normalized spacial score (nSPS) is 32.0. The van der Waals surface area contributed by atoms with Gasteiger partial charge in [0.25, 0.3) is 0 Å². The fraction of sp³-hybridized carbons (Fsp3) is 0.458. The summed E-state index contributed by atoms with van der Waals surface area (Å²) in [6.07, 6.45) is -4.16. The number of fused-ring (bicyclic) bond motifs is 3. The highest BCUT2D eigenvalue weighted by molar-refractivity contribution is 5.18. The summed E-state index contributed by atoms with van der Waals surface area (Å²) in [5.41, 5.74) is 3.99. The Bertz CT molecular complexity index is 1910. The third-order valence-electron chi connectivity index (χ3n) is 11.0. The summed E-state index contributed by atoms with van der Waals surface area (Å²) in [7, 11) is 0. The van der Waals surface area contributed by atoms with Crippen LogP contribution in [0.5, 0.6) is 0 Å². The monoisotopic (exact) mass is 808 g/mol. The van der Waals surface area contributed by atoms with Gasteiger partial charge in [0.05, 0.1) is 39.6 Å². The molecule has 4 heterocycles. The molecule has 4 aliphatic heterocycles. The summed E-state index contributed by atoms with van der Waals surface area (Å²) in [5, 5.41) is 0. The fourth-order valence-corrected chi connectivity index (χ4v) is 8.25. The Kier molecular flexibility index (Phi) is 13.1. The van der Waals surface area contributed by atoms with Crippen LogP contribution in [0.1, 0.15) is 49.9 Å². The summed E-state index contributed by atoms with van der Waals surface area (Å²) < 4.78 is 73.3. The second-order valence-electron chi connectivity index (χ2n) is 16.3. The van der Waals surface area contributed by atoms with Crippen molar-refractivity contribution in [2.75, 3.05) is 13.2 Å². The number of hydrogen-bond acceptors (Lipinski definition) is 11. The van der Waals surface area contributed by atoms with Gasteiger partial charge < -0.3 is 52.1 Å². The van der Waals surface area contributed by atoms with E-state index in [1.807, 2.05) is 149 Å². The van der Waals surface area contributed by atoms with Gasteiger partial charge in [0.2, 0.25) is 5.79 Å². The molecule has 4 aromatic carbocycles. The average molecular weight is 809 g/mol. The minimum atomic E-state index is -1.58. The predicted molar refractivity (Wildman–Crippen MR) is 217 cm³/mol. The van der Waals surface area contributed by atoms with Crippen LogP contribution in [-0.4, -0.2) is 85.7 Å². The van der Waals surface area contributed by atoms with Crippen LogP contribution in [0.25, 0.3) is 0 Å². The van der Waals surface area contributed by atoms with Gasteiger partial charge in [0.1, 0.15) is 48.8 Å². The first kappa shape index (κ1) is 41.9. The van der Waals surface area contributed by atoms with Crippen LogP contribution < -0.4 is 0 Å². The van der Waals surface area contributed by atoms with Crippen molar-refractivity contribution in [3.63, 3.8) is 0 Å². The maximum absolute atomic E-state index is 7.13. The van der Waals surface area contributed by atoms with Crippen LogP contribution >= 0.6 is 0 Å². The van der Waals surface area contributed by atoms with Crippen LogP contribution in [0.2, 0.25) is 0 Å². The second kappa shape index (κ2) is 18.4. The molecule has 0 amide bonds. The molecule has 4 saturated heterocycles. The van der Waals surface area contributed by atoms with Crippen molar-refractivity contribution in [1.29, 1.82) is 0 Å². The first-order valence-corrected chi connectivity index (χ1v) is 20.5. The quantitative estimate of drug-likeness (QED) is 0.0984. The lowest BCUT2D eigenvalue weighted by molar-refractivity contribution is -0.371. The van der Waals surface area contributed by atoms with Crippen molar-refractivity contribution in [1.82, 2.24) is 0 Å². The van der Waals surface area contributed by atoms with Gasteiger partial charge in [-0.1, -0.05) is 128 Å². The number of rotatable bonds is 17. The van der Waals surface area contributed by atoms with Gasteiger partial charge in [-0.15, -0.1) is 0 Å². The lowest BCUT2D eigenvalue weighted by atomic mass is 9.91. The van der Waals surface area contributed by atoms with Gasteiger partial charge in [-0.05, 0) is 56.0 Å². The van der Waals surface area contributed by atoms with Gasteiger partial charge in [0.15, 0.2) is 17.9 Å². The first-order valence-electron chi connectivity index (χ1n) is 20.5. The molecule has 10 atom stereocenters. The number of hydrogen-bond donors (Lipinski definition) is 0. The van der Waals surface area contributed by atoms with Crippen LogP contribution in [0.3, 0.4) is 0 Å². The molecule has 4 fully saturated rings. The van der Waals surface area contributed by atoms with E-state index in [1.54, 1.807) is 6.08 Å². The third-order valence-corrected chi connectivity index (χ3v) is 11.0. The Morgan fingerprint density at radius 3 is 1.54 bits per heavy atom. The number of ether oxygens (including phenoxy) is 11. The molecule has 0 radical (unpaired) electrons. The smallest absolute Gasteiger partial charge is 0.217 e. The molecular weight excluding hydrogens is 753 g/mol. The minimum absolute atomic E-state index is 0.00334. The van der Waals surface area contributed by atoms with Gasteiger partial charge in [-0.25, -0.2) is 0 Å². The fourth-order valence-electron chi connectivity index (χ4n) is 8.25. The zero-order chi connectivity index (χ0) is 40.9. The van der Waals surface area contributed by atoms with Crippen molar-refractivity contribution in [3.8, 4) is 0 Å². The highest BCUT2D eigenvalue weighted by atomic mass is 16.9. The second-order valence-corrected chi connectivity index (χ2v) is 16.3. The first-order chi connectivity index (χ1) is 28.6. The molecule has 0 N–H and O–H groups in total.